The van der Waals surface area contributed by atoms with Gasteiger partial charge in [0.05, 0.1) is 11.4 Å². The molecular formula is C38H48N4O4. The number of nitrogens with one attached hydrogen (secondary N) is 2. The number of para-hydroxylation sites is 4. The van der Waals surface area contributed by atoms with Crippen molar-refractivity contribution in [3.8, 4) is 23.0 Å². The second-order valence-electron chi connectivity index (χ2n) is 9.54. The summed E-state index contributed by atoms with van der Waals surface area (Å²) in [6, 6.07) is 30.7. The monoisotopic (exact) mass is 624 g/mol. The Bertz CT molecular complexity index is 1470. The molecular weight excluding hydrogens is 576 g/mol. The summed E-state index contributed by atoms with van der Waals surface area (Å²) in [5, 5.41) is 42.0. The van der Waals surface area contributed by atoms with Gasteiger partial charge in [-0.25, -0.2) is 0 Å². The van der Waals surface area contributed by atoms with Gasteiger partial charge in [-0.1, -0.05) is 96.1 Å². The number of phenolic OH excluding ortho intramolecular Hbond substituents is 4. The normalized spacial score (nSPS) is 10.7. The summed E-state index contributed by atoms with van der Waals surface area (Å²) < 4.78 is 0. The van der Waals surface area contributed by atoms with Gasteiger partial charge in [0.15, 0.2) is 23.0 Å². The van der Waals surface area contributed by atoms with Gasteiger partial charge in [-0.2, -0.15) is 0 Å². The molecule has 8 heteroatoms. The molecule has 0 unspecified atom stereocenters. The van der Waals surface area contributed by atoms with Crippen LogP contribution in [-0.2, 0) is 12.8 Å². The molecule has 0 aromatic heterocycles. The smallest absolute Gasteiger partial charge is 0.161 e. The van der Waals surface area contributed by atoms with E-state index in [2.05, 4.69) is 71.3 Å². The molecule has 0 fully saturated rings. The predicted octanol–water partition coefficient (Wildman–Crippen LogP) is 9.42. The van der Waals surface area contributed by atoms with Gasteiger partial charge in [-0.05, 0) is 52.6 Å². The van der Waals surface area contributed by atoms with Crippen LogP contribution in [0.1, 0.15) is 63.8 Å². The Labute approximate surface area is 273 Å². The van der Waals surface area contributed by atoms with Crippen molar-refractivity contribution in [1.82, 2.24) is 0 Å². The minimum absolute atomic E-state index is 0.463. The number of benzene rings is 5. The average Bonchev–Trinajstić information content (AvgIpc) is 3.09. The van der Waals surface area contributed by atoms with E-state index in [9.17, 15) is 0 Å². The van der Waals surface area contributed by atoms with Crippen LogP contribution in [0.4, 0.5) is 34.1 Å². The first-order chi connectivity index (χ1) is 22.3. The zero-order valence-electron chi connectivity index (χ0n) is 27.6. The molecule has 2 aliphatic heterocycles. The van der Waals surface area contributed by atoms with E-state index in [1.54, 1.807) is 12.1 Å². The van der Waals surface area contributed by atoms with E-state index in [1.807, 2.05) is 53.7 Å². The Balaban J connectivity index is 0.000000257. The maximum atomic E-state index is 8.70. The van der Waals surface area contributed by atoms with Gasteiger partial charge in [0.1, 0.15) is 0 Å². The van der Waals surface area contributed by atoms with Crippen LogP contribution in [0.15, 0.2) is 97.1 Å². The number of nitrogen functional groups attached to an aromatic ring is 2. The molecule has 2 heterocycles. The molecule has 5 aromatic carbocycles. The van der Waals surface area contributed by atoms with E-state index in [0.29, 0.717) is 11.4 Å². The van der Waals surface area contributed by atoms with Crippen LogP contribution >= 0.6 is 0 Å². The summed E-state index contributed by atoms with van der Waals surface area (Å²) in [6.07, 6.45) is 2.01. The molecule has 7 rings (SSSR count). The van der Waals surface area contributed by atoms with Gasteiger partial charge < -0.3 is 42.5 Å². The van der Waals surface area contributed by atoms with Crippen molar-refractivity contribution in [2.24, 2.45) is 0 Å². The van der Waals surface area contributed by atoms with E-state index in [4.69, 9.17) is 31.9 Å². The number of nitrogens with two attached hydrogens (primary N) is 2. The first kappa shape index (κ1) is 36.7. The summed E-state index contributed by atoms with van der Waals surface area (Å²) >= 11 is 0. The lowest BCUT2D eigenvalue weighted by Gasteiger charge is -2.27. The van der Waals surface area contributed by atoms with Gasteiger partial charge in [-0.3, -0.25) is 0 Å². The SMILES string of the molecule is CC.CC.CC.Nc1ccccc1N.Oc1cc(O)c(O)cc1O.c1ccc2c(c1)Cc1cc3c(cc1N2)Nc1ccccc1C3. The standard InChI is InChI=1S/C20H16N2.C6H8N2.C6H6O4.3C2H6/c1-3-7-17-13(5-1)9-15-11-16-10-14-6-2-4-8-18(14)22-20(16)12-19(15)21-17;7-5-3-1-2-4-6(5)8;7-3-1-4(8)6(10)2-5(3)9;3*1-2/h1-8,11-12,21-22H,9-10H2;1-4H,7-8H2;1-2,7-10H;3*1-2H3. The molecule has 0 saturated heterocycles. The molecule has 0 aliphatic carbocycles. The first-order valence-corrected chi connectivity index (χ1v) is 15.7. The molecule has 0 spiro atoms. The first-order valence-electron chi connectivity index (χ1n) is 15.7. The van der Waals surface area contributed by atoms with Gasteiger partial charge in [0.25, 0.3) is 0 Å². The quantitative estimate of drug-likeness (QED) is 0.0471. The molecule has 0 atom stereocenters. The molecule has 46 heavy (non-hydrogen) atoms. The highest BCUT2D eigenvalue weighted by Crippen LogP contribution is 2.40. The predicted molar refractivity (Wildman–Crippen MR) is 194 cm³/mol. The fraction of sp³-hybridized carbons (Fsp3) is 0.211. The maximum Gasteiger partial charge on any atom is 0.161 e. The van der Waals surface area contributed by atoms with E-state index in [-0.39, 0.29) is 0 Å². The molecule has 244 valence electrons. The van der Waals surface area contributed by atoms with Crippen molar-refractivity contribution in [2.45, 2.75) is 54.4 Å². The number of aromatic hydroxyl groups is 4. The second kappa shape index (κ2) is 18.3. The Morgan fingerprint density at radius 1 is 0.413 bits per heavy atom. The Kier molecular flexibility index (Phi) is 14.6. The van der Waals surface area contributed by atoms with Crippen LogP contribution in [0, 0.1) is 0 Å². The molecule has 8 nitrogen and oxygen atoms in total. The molecule has 10 N–H and O–H groups in total. The van der Waals surface area contributed by atoms with Crippen molar-refractivity contribution in [1.29, 1.82) is 0 Å². The van der Waals surface area contributed by atoms with Crippen LogP contribution in [0.5, 0.6) is 23.0 Å². The van der Waals surface area contributed by atoms with Crippen molar-refractivity contribution in [3.63, 3.8) is 0 Å². The average molecular weight is 625 g/mol. The number of phenols is 4. The van der Waals surface area contributed by atoms with E-state index in [0.717, 1.165) is 25.0 Å². The van der Waals surface area contributed by atoms with Crippen molar-refractivity contribution in [3.05, 3.63) is 119 Å². The highest BCUT2D eigenvalue weighted by Gasteiger charge is 2.20. The fourth-order valence-corrected chi connectivity index (χ4v) is 4.58. The van der Waals surface area contributed by atoms with Gasteiger partial charge >= 0.3 is 0 Å². The van der Waals surface area contributed by atoms with E-state index >= 15 is 0 Å². The minimum Gasteiger partial charge on any atom is -0.504 e. The van der Waals surface area contributed by atoms with E-state index < -0.39 is 23.0 Å². The lowest BCUT2D eigenvalue weighted by Crippen LogP contribution is -2.11. The molecule has 0 radical (unpaired) electrons. The molecule has 5 aromatic rings. The van der Waals surface area contributed by atoms with E-state index in [1.165, 1.54) is 45.0 Å². The lowest BCUT2D eigenvalue weighted by molar-refractivity contribution is 0.373. The molecule has 0 amide bonds. The maximum absolute atomic E-state index is 8.70. The topological polar surface area (TPSA) is 157 Å². The van der Waals surface area contributed by atoms with Crippen LogP contribution < -0.4 is 22.1 Å². The third-order valence-corrected chi connectivity index (χ3v) is 6.73. The highest BCUT2D eigenvalue weighted by atomic mass is 16.3. The Morgan fingerprint density at radius 2 is 0.739 bits per heavy atom. The summed E-state index contributed by atoms with van der Waals surface area (Å²) in [4.78, 5) is 0. The summed E-state index contributed by atoms with van der Waals surface area (Å²) in [5.41, 5.74) is 22.5. The van der Waals surface area contributed by atoms with Crippen molar-refractivity contribution < 1.29 is 20.4 Å². The van der Waals surface area contributed by atoms with Crippen molar-refractivity contribution in [2.75, 3.05) is 22.1 Å². The third kappa shape index (κ3) is 9.50. The van der Waals surface area contributed by atoms with Crippen LogP contribution in [-0.4, -0.2) is 20.4 Å². The fourth-order valence-electron chi connectivity index (χ4n) is 4.58. The summed E-state index contributed by atoms with van der Waals surface area (Å²) in [7, 11) is 0. The van der Waals surface area contributed by atoms with Crippen LogP contribution in [0.3, 0.4) is 0 Å². The Hall–Kier alpha value is -5.50. The highest BCUT2D eigenvalue weighted by molar-refractivity contribution is 5.80. The van der Waals surface area contributed by atoms with Crippen molar-refractivity contribution >= 4 is 34.1 Å². The number of hydrogen-bond donors (Lipinski definition) is 8. The molecule has 0 bridgehead atoms. The zero-order valence-corrected chi connectivity index (χ0v) is 27.6. The van der Waals surface area contributed by atoms with Gasteiger partial charge in [0.2, 0.25) is 0 Å². The number of fused-ring (bicyclic) bond motifs is 4. The van der Waals surface area contributed by atoms with Gasteiger partial charge in [-0.15, -0.1) is 0 Å². The largest absolute Gasteiger partial charge is 0.504 e. The Morgan fingerprint density at radius 3 is 1.09 bits per heavy atom. The summed E-state index contributed by atoms with van der Waals surface area (Å²) in [5.74, 6) is -1.85. The summed E-state index contributed by atoms with van der Waals surface area (Å²) in [6.45, 7) is 12.0. The third-order valence-electron chi connectivity index (χ3n) is 6.73. The van der Waals surface area contributed by atoms with Crippen LogP contribution in [0.25, 0.3) is 0 Å². The number of rotatable bonds is 0. The number of hydrogen-bond acceptors (Lipinski definition) is 8. The lowest BCUT2D eigenvalue weighted by atomic mass is 9.91. The minimum atomic E-state index is -0.463. The molecule has 0 saturated carbocycles. The second-order valence-corrected chi connectivity index (χ2v) is 9.54. The molecule has 2 aliphatic rings. The number of anilines is 6. The zero-order chi connectivity index (χ0) is 34.2. The van der Waals surface area contributed by atoms with Crippen LogP contribution in [0.2, 0.25) is 0 Å². The van der Waals surface area contributed by atoms with Gasteiger partial charge in [0, 0.05) is 47.7 Å².